The maximum atomic E-state index is 12.4. The molecular formula is C20H21N3O4. The molecule has 0 fully saturated rings. The lowest BCUT2D eigenvalue weighted by atomic mass is 10.1. The van der Waals surface area contributed by atoms with Crippen LogP contribution in [0.1, 0.15) is 12.0 Å². The molecular weight excluding hydrogens is 346 g/mol. The summed E-state index contributed by atoms with van der Waals surface area (Å²) in [6.45, 7) is 1.84. The first-order chi connectivity index (χ1) is 12.9. The molecule has 0 unspecified atom stereocenters. The molecule has 7 nitrogen and oxygen atoms in total. The molecule has 1 heterocycles. The summed E-state index contributed by atoms with van der Waals surface area (Å²) in [7, 11) is 1.52. The predicted octanol–water partition coefficient (Wildman–Crippen LogP) is 2.18. The van der Waals surface area contributed by atoms with Gasteiger partial charge >= 0.3 is 0 Å². The molecule has 3 rings (SSSR count). The molecule has 0 radical (unpaired) electrons. The maximum Gasteiger partial charge on any atom is 0.266 e. The number of nitrogens with one attached hydrogen (secondary N) is 2. The van der Waals surface area contributed by atoms with Gasteiger partial charge in [0.15, 0.2) is 6.10 Å². The van der Waals surface area contributed by atoms with Gasteiger partial charge in [-0.2, -0.15) is 0 Å². The molecule has 1 aliphatic rings. The van der Waals surface area contributed by atoms with E-state index >= 15 is 0 Å². The van der Waals surface area contributed by atoms with Gasteiger partial charge < -0.3 is 20.3 Å². The molecule has 3 amide bonds. The molecule has 0 saturated carbocycles. The van der Waals surface area contributed by atoms with Crippen LogP contribution < -0.4 is 15.4 Å². The van der Waals surface area contributed by atoms with Gasteiger partial charge in [-0.1, -0.05) is 29.8 Å². The van der Waals surface area contributed by atoms with Crippen LogP contribution in [0.3, 0.4) is 0 Å². The number of benzene rings is 2. The fourth-order valence-electron chi connectivity index (χ4n) is 2.68. The fraction of sp³-hybridized carbons (Fsp3) is 0.250. The van der Waals surface area contributed by atoms with Gasteiger partial charge in [0.2, 0.25) is 11.8 Å². The normalized spacial score (nSPS) is 15.2. The first-order valence-electron chi connectivity index (χ1n) is 8.59. The number of likely N-dealkylation sites (N-methyl/N-ethyl adjacent to an activating group) is 1. The SMILES string of the molecule is Cc1ccc(NC(=O)CN(C)C(=O)C[C@H]2Oc3ccccc3NC2=O)cc1. The van der Waals surface area contributed by atoms with Crippen molar-refractivity contribution in [3.05, 3.63) is 54.1 Å². The number of para-hydroxylation sites is 2. The second-order valence-electron chi connectivity index (χ2n) is 6.46. The van der Waals surface area contributed by atoms with Gasteiger partial charge in [-0.3, -0.25) is 14.4 Å². The number of aryl methyl sites for hydroxylation is 1. The smallest absolute Gasteiger partial charge is 0.266 e. The number of rotatable bonds is 5. The summed E-state index contributed by atoms with van der Waals surface area (Å²) in [4.78, 5) is 37.9. The van der Waals surface area contributed by atoms with E-state index in [9.17, 15) is 14.4 Å². The van der Waals surface area contributed by atoms with Gasteiger partial charge in [0.05, 0.1) is 18.7 Å². The van der Waals surface area contributed by atoms with E-state index in [0.29, 0.717) is 17.1 Å². The highest BCUT2D eigenvalue weighted by atomic mass is 16.5. The first kappa shape index (κ1) is 18.4. The van der Waals surface area contributed by atoms with Crippen LogP contribution in [0, 0.1) is 6.92 Å². The number of carbonyl (C=O) groups is 3. The number of hydrogen-bond donors (Lipinski definition) is 2. The number of anilines is 2. The summed E-state index contributed by atoms with van der Waals surface area (Å²) in [5.41, 5.74) is 2.34. The molecule has 2 N–H and O–H groups in total. The van der Waals surface area contributed by atoms with Crippen molar-refractivity contribution in [1.82, 2.24) is 4.90 Å². The first-order valence-corrected chi connectivity index (χ1v) is 8.59. The monoisotopic (exact) mass is 367 g/mol. The second kappa shape index (κ2) is 7.90. The van der Waals surface area contributed by atoms with Crippen molar-refractivity contribution in [1.29, 1.82) is 0 Å². The van der Waals surface area contributed by atoms with Crippen LogP contribution in [-0.2, 0) is 14.4 Å². The zero-order valence-corrected chi connectivity index (χ0v) is 15.2. The van der Waals surface area contributed by atoms with Gasteiger partial charge in [-0.25, -0.2) is 0 Å². The van der Waals surface area contributed by atoms with Crippen molar-refractivity contribution < 1.29 is 19.1 Å². The largest absolute Gasteiger partial charge is 0.478 e. The molecule has 1 atom stereocenters. The lowest BCUT2D eigenvalue weighted by Gasteiger charge is -2.26. The molecule has 0 aliphatic carbocycles. The van der Waals surface area contributed by atoms with Crippen molar-refractivity contribution in [3.8, 4) is 5.75 Å². The van der Waals surface area contributed by atoms with E-state index in [-0.39, 0.29) is 30.7 Å². The topological polar surface area (TPSA) is 87.7 Å². The highest BCUT2D eigenvalue weighted by molar-refractivity contribution is 6.00. The minimum atomic E-state index is -0.921. The number of carbonyl (C=O) groups excluding carboxylic acids is 3. The molecule has 1 aliphatic heterocycles. The number of amides is 3. The van der Waals surface area contributed by atoms with Crippen molar-refractivity contribution >= 4 is 29.1 Å². The van der Waals surface area contributed by atoms with Crippen molar-refractivity contribution in [2.45, 2.75) is 19.4 Å². The Balaban J connectivity index is 1.54. The van der Waals surface area contributed by atoms with E-state index in [1.165, 1.54) is 11.9 Å². The maximum absolute atomic E-state index is 12.4. The molecule has 0 spiro atoms. The summed E-state index contributed by atoms with van der Waals surface area (Å²) >= 11 is 0. The number of fused-ring (bicyclic) bond motifs is 1. The Labute approximate surface area is 157 Å². The Hall–Kier alpha value is -3.35. The van der Waals surface area contributed by atoms with Crippen LogP contribution in [0.25, 0.3) is 0 Å². The fourth-order valence-corrected chi connectivity index (χ4v) is 2.68. The summed E-state index contributed by atoms with van der Waals surface area (Å²) in [5, 5.41) is 5.46. The van der Waals surface area contributed by atoms with Gasteiger partial charge in [-0.05, 0) is 31.2 Å². The van der Waals surface area contributed by atoms with Gasteiger partial charge in [0.25, 0.3) is 5.91 Å². The third kappa shape index (κ3) is 4.63. The average Bonchev–Trinajstić information content (AvgIpc) is 2.64. The quantitative estimate of drug-likeness (QED) is 0.848. The minimum Gasteiger partial charge on any atom is -0.478 e. The molecule has 0 saturated heterocycles. The van der Waals surface area contributed by atoms with Crippen LogP contribution >= 0.6 is 0 Å². The summed E-state index contributed by atoms with van der Waals surface area (Å²) < 4.78 is 5.62. The molecule has 7 heteroatoms. The Kier molecular flexibility index (Phi) is 5.40. The molecule has 0 bridgehead atoms. The van der Waals surface area contributed by atoms with Crippen LogP contribution in [0.4, 0.5) is 11.4 Å². The third-order valence-corrected chi connectivity index (χ3v) is 4.21. The lowest BCUT2D eigenvalue weighted by molar-refractivity contribution is -0.137. The third-order valence-electron chi connectivity index (χ3n) is 4.21. The highest BCUT2D eigenvalue weighted by Gasteiger charge is 2.30. The van der Waals surface area contributed by atoms with Gasteiger partial charge in [0.1, 0.15) is 5.75 Å². The Morgan fingerprint density at radius 2 is 1.85 bits per heavy atom. The van der Waals surface area contributed by atoms with Gasteiger partial charge in [0, 0.05) is 12.7 Å². The zero-order valence-electron chi connectivity index (χ0n) is 15.2. The highest BCUT2D eigenvalue weighted by Crippen LogP contribution is 2.29. The number of ether oxygens (including phenoxy) is 1. The van der Waals surface area contributed by atoms with E-state index in [4.69, 9.17) is 4.74 Å². The summed E-state index contributed by atoms with van der Waals surface area (Å²) in [5.74, 6) is -0.517. The Morgan fingerprint density at radius 1 is 1.15 bits per heavy atom. The molecule has 2 aromatic rings. The Morgan fingerprint density at radius 3 is 2.59 bits per heavy atom. The lowest BCUT2D eigenvalue weighted by Crippen LogP contribution is -2.43. The molecule has 2 aromatic carbocycles. The van der Waals surface area contributed by atoms with Crippen molar-refractivity contribution in [2.24, 2.45) is 0 Å². The van der Waals surface area contributed by atoms with Crippen molar-refractivity contribution in [3.63, 3.8) is 0 Å². The second-order valence-corrected chi connectivity index (χ2v) is 6.46. The van der Waals surface area contributed by atoms with E-state index < -0.39 is 6.10 Å². The van der Waals surface area contributed by atoms with E-state index in [2.05, 4.69) is 10.6 Å². The van der Waals surface area contributed by atoms with Gasteiger partial charge in [-0.15, -0.1) is 0 Å². The van der Waals surface area contributed by atoms with Crippen molar-refractivity contribution in [2.75, 3.05) is 24.2 Å². The van der Waals surface area contributed by atoms with E-state index in [0.717, 1.165) is 5.56 Å². The summed E-state index contributed by atoms with van der Waals surface area (Å²) in [6.07, 6.45) is -1.07. The van der Waals surface area contributed by atoms with Crippen LogP contribution in [0.15, 0.2) is 48.5 Å². The molecule has 27 heavy (non-hydrogen) atoms. The van der Waals surface area contributed by atoms with Crippen LogP contribution in [0.5, 0.6) is 5.75 Å². The number of hydrogen-bond acceptors (Lipinski definition) is 4. The Bertz CT molecular complexity index is 864. The minimum absolute atomic E-state index is 0.113. The number of nitrogens with zero attached hydrogens (tertiary/aromatic N) is 1. The summed E-state index contributed by atoms with van der Waals surface area (Å²) in [6, 6.07) is 14.4. The average molecular weight is 367 g/mol. The van der Waals surface area contributed by atoms with E-state index in [1.807, 2.05) is 19.1 Å². The van der Waals surface area contributed by atoms with Crippen LogP contribution in [-0.4, -0.2) is 42.3 Å². The van der Waals surface area contributed by atoms with Crippen LogP contribution in [0.2, 0.25) is 0 Å². The molecule has 140 valence electrons. The zero-order chi connectivity index (χ0) is 19.4. The van der Waals surface area contributed by atoms with E-state index in [1.54, 1.807) is 36.4 Å². The predicted molar refractivity (Wildman–Crippen MR) is 102 cm³/mol. The standard InChI is InChI=1S/C20H21N3O4/c1-13-7-9-14(10-8-13)21-18(24)12-23(2)19(25)11-17-20(26)22-15-5-3-4-6-16(15)27-17/h3-10,17H,11-12H2,1-2H3,(H,21,24)(H,22,26)/t17-/m1/s1. The molecule has 0 aromatic heterocycles.